The van der Waals surface area contributed by atoms with E-state index in [1.165, 1.54) is 11.8 Å². The second-order valence-corrected chi connectivity index (χ2v) is 9.22. The van der Waals surface area contributed by atoms with Gasteiger partial charge in [-0.25, -0.2) is 5.43 Å². The summed E-state index contributed by atoms with van der Waals surface area (Å²) in [6, 6.07) is 25.7. The minimum atomic E-state index is -0.230. The van der Waals surface area contributed by atoms with E-state index in [1.54, 1.807) is 6.21 Å². The van der Waals surface area contributed by atoms with Gasteiger partial charge in [0.2, 0.25) is 0 Å². The Morgan fingerprint density at radius 3 is 2.62 bits per heavy atom. The second-order valence-electron chi connectivity index (χ2n) is 7.36. The molecule has 2 aromatic heterocycles. The summed E-state index contributed by atoms with van der Waals surface area (Å²) in [6.07, 6.45) is 3.49. The molecule has 0 saturated carbocycles. The normalized spacial score (nSPS) is 11.3. The van der Waals surface area contributed by atoms with E-state index >= 15 is 0 Å². The van der Waals surface area contributed by atoms with Crippen LogP contribution >= 0.6 is 27.7 Å². The fourth-order valence-corrected chi connectivity index (χ4v) is 4.61. The van der Waals surface area contributed by atoms with Crippen molar-refractivity contribution in [2.24, 2.45) is 5.10 Å². The molecule has 0 aliphatic rings. The van der Waals surface area contributed by atoms with Crippen LogP contribution in [0.4, 0.5) is 0 Å². The number of carbonyl (C=O) groups is 1. The van der Waals surface area contributed by atoms with Gasteiger partial charge in [-0.3, -0.25) is 9.36 Å². The van der Waals surface area contributed by atoms with Crippen LogP contribution in [0.3, 0.4) is 0 Å². The summed E-state index contributed by atoms with van der Waals surface area (Å²) < 4.78 is 2.94. The Hall–Kier alpha value is -3.69. The molecular formula is C25H19BrN6OS. The fraction of sp³-hybridized carbons (Fsp3) is 0.0400. The third kappa shape index (κ3) is 4.80. The number of benzene rings is 3. The third-order valence-electron chi connectivity index (χ3n) is 5.08. The van der Waals surface area contributed by atoms with E-state index in [4.69, 9.17) is 0 Å². The van der Waals surface area contributed by atoms with Gasteiger partial charge in [-0.2, -0.15) is 5.10 Å². The van der Waals surface area contributed by atoms with Crippen LogP contribution in [0.15, 0.2) is 99.8 Å². The first-order chi connectivity index (χ1) is 16.7. The van der Waals surface area contributed by atoms with E-state index in [1.807, 2.05) is 89.6 Å². The summed E-state index contributed by atoms with van der Waals surface area (Å²) in [6.45, 7) is 0. The first-order valence-electron chi connectivity index (χ1n) is 10.5. The molecule has 1 amide bonds. The van der Waals surface area contributed by atoms with Crippen molar-refractivity contribution in [3.05, 3.63) is 95.1 Å². The molecule has 2 N–H and O–H groups in total. The number of nitrogens with one attached hydrogen (secondary N) is 2. The van der Waals surface area contributed by atoms with Gasteiger partial charge in [-0.1, -0.05) is 76.2 Å². The van der Waals surface area contributed by atoms with Gasteiger partial charge >= 0.3 is 0 Å². The van der Waals surface area contributed by atoms with E-state index in [2.05, 4.69) is 41.6 Å². The molecule has 0 unspecified atom stereocenters. The Kier molecular flexibility index (Phi) is 6.55. The first-order valence-corrected chi connectivity index (χ1v) is 12.2. The molecule has 0 bridgehead atoms. The van der Waals surface area contributed by atoms with E-state index in [0.717, 1.165) is 38.0 Å². The van der Waals surface area contributed by atoms with Gasteiger partial charge < -0.3 is 4.98 Å². The molecule has 5 aromatic rings. The Labute approximate surface area is 208 Å². The van der Waals surface area contributed by atoms with Gasteiger partial charge in [0.25, 0.3) is 5.91 Å². The van der Waals surface area contributed by atoms with Crippen LogP contribution in [0.5, 0.6) is 0 Å². The average molecular weight is 531 g/mol. The summed E-state index contributed by atoms with van der Waals surface area (Å²) >= 11 is 4.79. The average Bonchev–Trinajstić information content (AvgIpc) is 3.48. The molecule has 0 radical (unpaired) electrons. The molecule has 7 nitrogen and oxygen atoms in total. The topological polar surface area (TPSA) is 88.0 Å². The third-order valence-corrected chi connectivity index (χ3v) is 6.50. The molecule has 0 spiro atoms. The van der Waals surface area contributed by atoms with Crippen molar-refractivity contribution < 1.29 is 4.79 Å². The second kappa shape index (κ2) is 10.1. The predicted octanol–water partition coefficient (Wildman–Crippen LogP) is 5.42. The van der Waals surface area contributed by atoms with Crippen LogP contribution < -0.4 is 5.43 Å². The SMILES string of the molecule is O=C(CSc1nnc(-c2ccccc2)n1-c1ccccc1)NN=Cc1c[nH]c2ccc(Br)cc12. The highest BCUT2D eigenvalue weighted by atomic mass is 79.9. The zero-order valence-electron chi connectivity index (χ0n) is 17.9. The van der Waals surface area contributed by atoms with Gasteiger partial charge in [-0.05, 0) is 30.3 Å². The number of carbonyl (C=O) groups excluding carboxylic acids is 1. The highest BCUT2D eigenvalue weighted by molar-refractivity contribution is 9.10. The molecule has 3 aromatic carbocycles. The molecule has 34 heavy (non-hydrogen) atoms. The van der Waals surface area contributed by atoms with Crippen LogP contribution in [0, 0.1) is 0 Å². The molecule has 0 atom stereocenters. The summed E-state index contributed by atoms with van der Waals surface area (Å²) in [7, 11) is 0. The van der Waals surface area contributed by atoms with E-state index in [-0.39, 0.29) is 11.7 Å². The lowest BCUT2D eigenvalue weighted by Gasteiger charge is -2.10. The Morgan fingerprint density at radius 1 is 1.06 bits per heavy atom. The number of hydrogen-bond acceptors (Lipinski definition) is 5. The van der Waals surface area contributed by atoms with Gasteiger partial charge in [0, 0.05) is 38.4 Å². The minimum absolute atomic E-state index is 0.149. The molecule has 2 heterocycles. The van der Waals surface area contributed by atoms with Crippen molar-refractivity contribution in [2.75, 3.05) is 5.75 Å². The van der Waals surface area contributed by atoms with Crippen molar-refractivity contribution in [1.82, 2.24) is 25.2 Å². The highest BCUT2D eigenvalue weighted by Gasteiger charge is 2.17. The Morgan fingerprint density at radius 2 is 1.82 bits per heavy atom. The lowest BCUT2D eigenvalue weighted by molar-refractivity contribution is -0.118. The molecule has 0 aliphatic carbocycles. The fourth-order valence-electron chi connectivity index (χ4n) is 3.50. The number of rotatable bonds is 7. The van der Waals surface area contributed by atoms with Crippen LogP contribution in [0.2, 0.25) is 0 Å². The van der Waals surface area contributed by atoms with Gasteiger partial charge in [-0.15, -0.1) is 10.2 Å². The zero-order valence-corrected chi connectivity index (χ0v) is 20.3. The number of nitrogens with zero attached hydrogens (tertiary/aromatic N) is 4. The van der Waals surface area contributed by atoms with Crippen molar-refractivity contribution in [2.45, 2.75) is 5.16 Å². The van der Waals surface area contributed by atoms with E-state index in [9.17, 15) is 4.79 Å². The lowest BCUT2D eigenvalue weighted by Crippen LogP contribution is -2.20. The number of H-pyrrole nitrogens is 1. The van der Waals surface area contributed by atoms with Gasteiger partial charge in [0.15, 0.2) is 11.0 Å². The molecule has 0 saturated heterocycles. The quantitative estimate of drug-likeness (QED) is 0.167. The van der Waals surface area contributed by atoms with Crippen molar-refractivity contribution in [1.29, 1.82) is 0 Å². The number of hydrogen-bond donors (Lipinski definition) is 2. The molecule has 168 valence electrons. The van der Waals surface area contributed by atoms with Gasteiger partial charge in [0.1, 0.15) is 0 Å². The molecular weight excluding hydrogens is 512 g/mol. The number of halogens is 1. The first kappa shape index (κ1) is 22.1. The van der Waals surface area contributed by atoms with Crippen molar-refractivity contribution >= 4 is 50.7 Å². The molecule has 0 aliphatic heterocycles. The Bertz CT molecular complexity index is 1460. The maximum Gasteiger partial charge on any atom is 0.250 e. The van der Waals surface area contributed by atoms with E-state index in [0.29, 0.717) is 5.16 Å². The summed E-state index contributed by atoms with van der Waals surface area (Å²) in [5.41, 5.74) is 6.36. The standard InChI is InChI=1S/C25H19BrN6OS/c26-19-11-12-22-21(13-19)18(14-27-22)15-28-29-23(33)16-34-25-31-30-24(17-7-3-1-4-8-17)32(25)20-9-5-2-6-10-20/h1-15,27H,16H2,(H,29,33). The smallest absolute Gasteiger partial charge is 0.250 e. The molecule has 0 fully saturated rings. The number of hydrazone groups is 1. The monoisotopic (exact) mass is 530 g/mol. The van der Waals surface area contributed by atoms with E-state index < -0.39 is 0 Å². The largest absolute Gasteiger partial charge is 0.361 e. The maximum atomic E-state index is 12.5. The Balaban J connectivity index is 1.30. The van der Waals surface area contributed by atoms with Crippen molar-refractivity contribution in [3.63, 3.8) is 0 Å². The number of aromatic nitrogens is 4. The van der Waals surface area contributed by atoms with Crippen LogP contribution in [-0.2, 0) is 4.79 Å². The van der Waals surface area contributed by atoms with Crippen LogP contribution in [0.1, 0.15) is 5.56 Å². The van der Waals surface area contributed by atoms with Crippen LogP contribution in [-0.4, -0.2) is 37.6 Å². The zero-order chi connectivity index (χ0) is 23.3. The number of aromatic amines is 1. The predicted molar refractivity (Wildman–Crippen MR) is 139 cm³/mol. The summed E-state index contributed by atoms with van der Waals surface area (Å²) in [4.78, 5) is 15.7. The minimum Gasteiger partial charge on any atom is -0.361 e. The summed E-state index contributed by atoms with van der Waals surface area (Å²) in [5.74, 6) is 0.639. The molecule has 9 heteroatoms. The number of thioether (sulfide) groups is 1. The molecule has 5 rings (SSSR count). The number of fused-ring (bicyclic) bond motifs is 1. The lowest BCUT2D eigenvalue weighted by atomic mass is 10.2. The van der Waals surface area contributed by atoms with Crippen molar-refractivity contribution in [3.8, 4) is 17.1 Å². The van der Waals surface area contributed by atoms with Crippen LogP contribution in [0.25, 0.3) is 28.0 Å². The number of amides is 1. The number of para-hydroxylation sites is 1. The van der Waals surface area contributed by atoms with Gasteiger partial charge in [0.05, 0.1) is 12.0 Å². The highest BCUT2D eigenvalue weighted by Crippen LogP contribution is 2.27. The maximum absolute atomic E-state index is 12.5. The summed E-state index contributed by atoms with van der Waals surface area (Å²) in [5, 5.41) is 14.5.